The zero-order valence-electron chi connectivity index (χ0n) is 9.56. The smallest absolute Gasteiger partial charge is 0.218 e. The first-order valence-corrected chi connectivity index (χ1v) is 7.21. The van der Waals surface area contributed by atoms with Gasteiger partial charge < -0.3 is 5.73 Å². The summed E-state index contributed by atoms with van der Waals surface area (Å²) in [5, 5.41) is 6.72. The molecule has 17 heavy (non-hydrogen) atoms. The Labute approximate surface area is 106 Å². The molecule has 0 amide bonds. The van der Waals surface area contributed by atoms with Crippen LogP contribution in [0.5, 0.6) is 0 Å². The Bertz CT molecular complexity index is 481. The van der Waals surface area contributed by atoms with E-state index in [0.29, 0.717) is 13.0 Å². The summed E-state index contributed by atoms with van der Waals surface area (Å²) in [5.74, 6) is -0.299. The van der Waals surface area contributed by atoms with Crippen LogP contribution in [0.4, 0.5) is 0 Å². The Hall–Kier alpha value is -0.990. The van der Waals surface area contributed by atoms with Crippen LogP contribution < -0.4 is 10.5 Å². The van der Waals surface area contributed by atoms with Gasteiger partial charge in [0.25, 0.3) is 0 Å². The quantitative estimate of drug-likeness (QED) is 0.475. The molecule has 0 aliphatic rings. The highest BCUT2D eigenvalue weighted by Gasteiger charge is 2.10. The number of hydrogen-bond donors (Lipinski definition) is 3. The van der Waals surface area contributed by atoms with Crippen molar-refractivity contribution in [3.63, 3.8) is 0 Å². The van der Waals surface area contributed by atoms with E-state index in [1.165, 1.54) is 0 Å². The molecular formula is C9H16N4O2S2. The van der Waals surface area contributed by atoms with Gasteiger partial charge in [-0.3, -0.25) is 5.10 Å². The highest BCUT2D eigenvalue weighted by molar-refractivity contribution is 7.92. The van der Waals surface area contributed by atoms with Crippen molar-refractivity contribution in [2.75, 3.05) is 12.3 Å². The number of aryl methyl sites for hydroxylation is 2. The second-order valence-electron chi connectivity index (χ2n) is 3.74. The molecule has 1 aromatic rings. The maximum atomic E-state index is 11.4. The first kappa shape index (κ1) is 14.1. The first-order valence-electron chi connectivity index (χ1n) is 5.15. The fourth-order valence-electron chi connectivity index (χ4n) is 1.37. The molecule has 1 heterocycles. The van der Waals surface area contributed by atoms with Gasteiger partial charge in [-0.2, -0.15) is 5.10 Å². The predicted molar refractivity (Wildman–Crippen MR) is 70.2 cm³/mol. The monoisotopic (exact) mass is 276 g/mol. The van der Waals surface area contributed by atoms with Crippen LogP contribution >= 0.6 is 12.2 Å². The number of aromatic amines is 1. The van der Waals surface area contributed by atoms with Crippen LogP contribution in [0.2, 0.25) is 0 Å². The molecule has 0 aromatic carbocycles. The molecule has 0 aliphatic heterocycles. The second kappa shape index (κ2) is 6.08. The van der Waals surface area contributed by atoms with Gasteiger partial charge in [-0.05, 0) is 25.3 Å². The van der Waals surface area contributed by atoms with Gasteiger partial charge in [0.2, 0.25) is 10.0 Å². The summed E-state index contributed by atoms with van der Waals surface area (Å²) in [6.07, 6.45) is 3.23. The van der Waals surface area contributed by atoms with Crippen molar-refractivity contribution in [3.8, 4) is 0 Å². The molecule has 0 saturated heterocycles. The van der Waals surface area contributed by atoms with E-state index in [2.05, 4.69) is 27.1 Å². The maximum absolute atomic E-state index is 11.4. The molecular weight excluding hydrogens is 260 g/mol. The average Bonchev–Trinajstić information content (AvgIpc) is 2.57. The molecule has 1 rings (SSSR count). The third-order valence-corrected chi connectivity index (χ3v) is 3.87. The topological polar surface area (TPSA) is 101 Å². The Morgan fingerprint density at radius 1 is 1.65 bits per heavy atom. The number of thiocarbonyl (C=S) groups is 1. The van der Waals surface area contributed by atoms with E-state index in [9.17, 15) is 8.42 Å². The Morgan fingerprint density at radius 3 is 2.88 bits per heavy atom. The van der Waals surface area contributed by atoms with Crippen LogP contribution in [0.25, 0.3) is 0 Å². The Kier molecular flexibility index (Phi) is 5.03. The lowest BCUT2D eigenvalue weighted by Gasteiger charge is -2.05. The summed E-state index contributed by atoms with van der Waals surface area (Å²) in [6.45, 7) is 2.30. The van der Waals surface area contributed by atoms with Crippen LogP contribution in [-0.4, -0.2) is 35.9 Å². The minimum absolute atomic E-state index is 0.0248. The average molecular weight is 276 g/mol. The number of nitrogens with two attached hydrogens (primary N) is 1. The van der Waals surface area contributed by atoms with Crippen LogP contribution in [0.3, 0.4) is 0 Å². The van der Waals surface area contributed by atoms with Gasteiger partial charge in [0.15, 0.2) is 0 Å². The summed E-state index contributed by atoms with van der Waals surface area (Å²) in [5.41, 5.74) is 7.29. The molecule has 8 heteroatoms. The molecule has 0 aliphatic carbocycles. The lowest BCUT2D eigenvalue weighted by Crippen LogP contribution is -2.33. The summed E-state index contributed by atoms with van der Waals surface area (Å²) >= 11 is 4.55. The minimum atomic E-state index is -3.37. The molecule has 0 saturated carbocycles. The predicted octanol–water partition coefficient (Wildman–Crippen LogP) is -0.144. The number of nitrogens with zero attached hydrogens (tertiary/aromatic N) is 1. The number of rotatable bonds is 7. The lowest BCUT2D eigenvalue weighted by atomic mass is 10.1. The highest BCUT2D eigenvalue weighted by atomic mass is 32.2. The molecule has 0 radical (unpaired) electrons. The van der Waals surface area contributed by atoms with Gasteiger partial charge >= 0.3 is 0 Å². The molecule has 0 atom stereocenters. The molecule has 1 aromatic heterocycles. The number of aromatic nitrogens is 2. The summed E-state index contributed by atoms with van der Waals surface area (Å²) < 4.78 is 25.2. The van der Waals surface area contributed by atoms with E-state index >= 15 is 0 Å². The van der Waals surface area contributed by atoms with Crippen molar-refractivity contribution in [3.05, 3.63) is 17.5 Å². The van der Waals surface area contributed by atoms with E-state index in [0.717, 1.165) is 17.7 Å². The van der Waals surface area contributed by atoms with Crippen LogP contribution in [0.1, 0.15) is 17.7 Å². The fourth-order valence-corrected chi connectivity index (χ4v) is 2.77. The summed E-state index contributed by atoms with van der Waals surface area (Å²) in [6, 6.07) is 0. The largest absolute Gasteiger partial charge is 0.392 e. The number of hydrogen-bond acceptors (Lipinski definition) is 4. The SMILES string of the molecule is Cc1[nH]ncc1CCCNS(=O)(=O)CC(N)=S. The molecule has 0 bridgehead atoms. The van der Waals surface area contributed by atoms with E-state index in [-0.39, 0.29) is 10.7 Å². The Morgan fingerprint density at radius 2 is 2.35 bits per heavy atom. The normalized spacial score (nSPS) is 11.6. The summed E-state index contributed by atoms with van der Waals surface area (Å²) in [4.78, 5) is -0.0248. The Balaban J connectivity index is 2.29. The fraction of sp³-hybridized carbons (Fsp3) is 0.556. The number of sulfonamides is 1. The molecule has 4 N–H and O–H groups in total. The van der Waals surface area contributed by atoms with Crippen molar-refractivity contribution in [2.45, 2.75) is 19.8 Å². The van der Waals surface area contributed by atoms with Crippen molar-refractivity contribution in [1.29, 1.82) is 0 Å². The lowest BCUT2D eigenvalue weighted by molar-refractivity contribution is 0.583. The molecule has 6 nitrogen and oxygen atoms in total. The van der Waals surface area contributed by atoms with E-state index < -0.39 is 10.0 Å². The van der Waals surface area contributed by atoms with Crippen LogP contribution in [0.15, 0.2) is 6.20 Å². The van der Waals surface area contributed by atoms with Crippen LogP contribution in [-0.2, 0) is 16.4 Å². The first-order chi connectivity index (χ1) is 7.91. The summed E-state index contributed by atoms with van der Waals surface area (Å²) in [7, 11) is -3.37. The zero-order chi connectivity index (χ0) is 12.9. The maximum Gasteiger partial charge on any atom is 0.218 e. The molecule has 0 fully saturated rings. The molecule has 0 unspecified atom stereocenters. The van der Waals surface area contributed by atoms with Crippen molar-refractivity contribution in [2.24, 2.45) is 5.73 Å². The van der Waals surface area contributed by atoms with Gasteiger partial charge in [0, 0.05) is 12.2 Å². The standard InChI is InChI=1S/C9H16N4O2S2/c1-7-8(5-11-13-7)3-2-4-12-17(14,15)6-9(10)16/h5,12H,2-4,6H2,1H3,(H2,10,16)(H,11,13). The van der Waals surface area contributed by atoms with Crippen molar-refractivity contribution >= 4 is 27.2 Å². The van der Waals surface area contributed by atoms with Crippen molar-refractivity contribution in [1.82, 2.24) is 14.9 Å². The van der Waals surface area contributed by atoms with Crippen molar-refractivity contribution < 1.29 is 8.42 Å². The molecule has 96 valence electrons. The van der Waals surface area contributed by atoms with E-state index in [1.54, 1.807) is 6.20 Å². The third kappa shape index (κ3) is 5.24. The number of H-pyrrole nitrogens is 1. The van der Waals surface area contributed by atoms with E-state index in [1.807, 2.05) is 6.92 Å². The zero-order valence-corrected chi connectivity index (χ0v) is 11.2. The third-order valence-electron chi connectivity index (χ3n) is 2.21. The van der Waals surface area contributed by atoms with Gasteiger partial charge in [-0.1, -0.05) is 12.2 Å². The van der Waals surface area contributed by atoms with Gasteiger partial charge in [0.05, 0.1) is 11.2 Å². The van der Waals surface area contributed by atoms with Crippen LogP contribution in [0, 0.1) is 6.92 Å². The second-order valence-corrected chi connectivity index (χ2v) is 6.07. The number of nitrogens with one attached hydrogen (secondary N) is 2. The van der Waals surface area contributed by atoms with Gasteiger partial charge in [0.1, 0.15) is 5.75 Å². The van der Waals surface area contributed by atoms with Gasteiger partial charge in [-0.15, -0.1) is 0 Å². The van der Waals surface area contributed by atoms with E-state index in [4.69, 9.17) is 5.73 Å². The van der Waals surface area contributed by atoms with Gasteiger partial charge in [-0.25, -0.2) is 13.1 Å². The highest BCUT2D eigenvalue weighted by Crippen LogP contribution is 2.05. The molecule has 0 spiro atoms. The minimum Gasteiger partial charge on any atom is -0.392 e.